The van der Waals surface area contributed by atoms with Crippen molar-refractivity contribution in [3.05, 3.63) is 52.3 Å². The van der Waals surface area contributed by atoms with Crippen molar-refractivity contribution in [2.75, 3.05) is 19.5 Å². The minimum absolute atomic E-state index is 0.405. The Bertz CT molecular complexity index is 1380. The van der Waals surface area contributed by atoms with Gasteiger partial charge in [0, 0.05) is 23.8 Å². The SMILES string of the molecule is CC[C@H](CCCOc1c(-c2cc(C(=O)OC)cc(C)n2)cnn1C)Cn1c(N)nc2ccc(Br)cc21. The lowest BCUT2D eigenvalue weighted by atomic mass is 10.0. The topological polar surface area (TPSA) is 110 Å². The number of hydrogen-bond donors (Lipinski definition) is 1. The van der Waals surface area contributed by atoms with Gasteiger partial charge in [0.2, 0.25) is 11.8 Å². The van der Waals surface area contributed by atoms with Crippen LogP contribution in [0.4, 0.5) is 5.95 Å². The third-order valence-corrected chi connectivity index (χ3v) is 6.78. The number of aryl methyl sites for hydroxylation is 2. The highest BCUT2D eigenvalue weighted by molar-refractivity contribution is 9.10. The number of anilines is 1. The molecule has 10 heteroatoms. The number of imidazole rings is 1. The smallest absolute Gasteiger partial charge is 0.337 e. The van der Waals surface area contributed by atoms with Crippen LogP contribution in [0.2, 0.25) is 0 Å². The maximum Gasteiger partial charge on any atom is 0.337 e. The number of hydrogen-bond acceptors (Lipinski definition) is 7. The molecule has 0 saturated heterocycles. The summed E-state index contributed by atoms with van der Waals surface area (Å²) < 4.78 is 15.8. The molecule has 0 aliphatic heterocycles. The number of aromatic nitrogens is 5. The van der Waals surface area contributed by atoms with Crippen molar-refractivity contribution in [1.82, 2.24) is 24.3 Å². The minimum atomic E-state index is -0.405. The van der Waals surface area contributed by atoms with E-state index in [0.29, 0.717) is 41.3 Å². The average molecular weight is 555 g/mol. The molecule has 2 N–H and O–H groups in total. The number of rotatable bonds is 10. The highest BCUT2D eigenvalue weighted by atomic mass is 79.9. The van der Waals surface area contributed by atoms with Crippen LogP contribution in [0.3, 0.4) is 0 Å². The first-order valence-electron chi connectivity index (χ1n) is 11.9. The Morgan fingerprint density at radius 3 is 2.78 bits per heavy atom. The highest BCUT2D eigenvalue weighted by Crippen LogP contribution is 2.30. The number of pyridine rings is 1. The van der Waals surface area contributed by atoms with E-state index in [0.717, 1.165) is 46.9 Å². The third kappa shape index (κ3) is 5.53. The fourth-order valence-electron chi connectivity index (χ4n) is 4.35. The quantitative estimate of drug-likeness (QED) is 0.213. The van der Waals surface area contributed by atoms with Crippen LogP contribution in [-0.2, 0) is 18.3 Å². The monoisotopic (exact) mass is 554 g/mol. The molecule has 0 amide bonds. The van der Waals surface area contributed by atoms with E-state index in [1.807, 2.05) is 26.1 Å². The molecule has 9 nitrogen and oxygen atoms in total. The van der Waals surface area contributed by atoms with Gasteiger partial charge in [0.05, 0.1) is 47.8 Å². The molecule has 1 atom stereocenters. The fourth-order valence-corrected chi connectivity index (χ4v) is 4.69. The predicted molar refractivity (Wildman–Crippen MR) is 143 cm³/mol. The Balaban J connectivity index is 1.42. The van der Waals surface area contributed by atoms with Crippen LogP contribution in [0.15, 0.2) is 41.0 Å². The molecule has 0 aliphatic rings. The summed E-state index contributed by atoms with van der Waals surface area (Å²) in [5.74, 6) is 1.18. The highest BCUT2D eigenvalue weighted by Gasteiger charge is 2.18. The van der Waals surface area contributed by atoms with Crippen molar-refractivity contribution >= 4 is 38.9 Å². The molecule has 4 aromatic rings. The number of halogens is 1. The number of nitrogens with two attached hydrogens (primary N) is 1. The first kappa shape index (κ1) is 25.7. The number of fused-ring (bicyclic) bond motifs is 1. The molecule has 3 heterocycles. The lowest BCUT2D eigenvalue weighted by Gasteiger charge is -2.17. The van der Waals surface area contributed by atoms with Crippen LogP contribution < -0.4 is 10.5 Å². The zero-order valence-electron chi connectivity index (χ0n) is 21.0. The summed E-state index contributed by atoms with van der Waals surface area (Å²) in [7, 11) is 3.19. The molecule has 0 fully saturated rings. The summed E-state index contributed by atoms with van der Waals surface area (Å²) in [6.45, 7) is 5.37. The number of benzene rings is 1. The van der Waals surface area contributed by atoms with Gasteiger partial charge in [-0.3, -0.25) is 4.98 Å². The number of esters is 1. The molecular formula is C26H31BrN6O3. The third-order valence-electron chi connectivity index (χ3n) is 6.29. The Hall–Kier alpha value is -3.40. The maximum absolute atomic E-state index is 12.0. The van der Waals surface area contributed by atoms with Gasteiger partial charge in [0.25, 0.3) is 0 Å². The van der Waals surface area contributed by atoms with Gasteiger partial charge in [-0.1, -0.05) is 29.3 Å². The van der Waals surface area contributed by atoms with Crippen LogP contribution in [0.1, 0.15) is 42.2 Å². The number of methoxy groups -OCH3 is 1. The second-order valence-electron chi connectivity index (χ2n) is 8.84. The molecule has 0 bridgehead atoms. The lowest BCUT2D eigenvalue weighted by molar-refractivity contribution is 0.0600. The van der Waals surface area contributed by atoms with E-state index in [-0.39, 0.29) is 0 Å². The van der Waals surface area contributed by atoms with Gasteiger partial charge in [0.15, 0.2) is 0 Å². The largest absolute Gasteiger partial charge is 0.477 e. The molecule has 0 saturated carbocycles. The second-order valence-corrected chi connectivity index (χ2v) is 9.76. The normalized spacial score (nSPS) is 12.1. The van der Waals surface area contributed by atoms with Gasteiger partial charge in [-0.05, 0) is 56.0 Å². The number of ether oxygens (including phenoxy) is 2. The standard InChI is InChI=1S/C26H31BrN6O3/c1-5-17(15-33-23-13-19(27)8-9-21(23)31-26(33)28)7-6-10-36-24-20(14-29-32(24)3)22-12-18(25(34)35-4)11-16(2)30-22/h8-9,11-14,17H,5-7,10,15H2,1-4H3,(H2,28,31)/t17-/m1/s1. The Morgan fingerprint density at radius 2 is 2.03 bits per heavy atom. The molecule has 0 radical (unpaired) electrons. The molecule has 0 unspecified atom stereocenters. The van der Waals surface area contributed by atoms with Gasteiger partial charge < -0.3 is 19.8 Å². The van der Waals surface area contributed by atoms with E-state index in [1.165, 1.54) is 7.11 Å². The maximum atomic E-state index is 12.0. The lowest BCUT2D eigenvalue weighted by Crippen LogP contribution is -2.14. The summed E-state index contributed by atoms with van der Waals surface area (Å²) >= 11 is 3.54. The zero-order valence-corrected chi connectivity index (χ0v) is 22.6. The zero-order chi connectivity index (χ0) is 25.8. The van der Waals surface area contributed by atoms with E-state index < -0.39 is 5.97 Å². The second kappa shape index (κ2) is 11.1. The van der Waals surface area contributed by atoms with Gasteiger partial charge in [-0.15, -0.1) is 0 Å². The van der Waals surface area contributed by atoms with Crippen LogP contribution in [0, 0.1) is 12.8 Å². The van der Waals surface area contributed by atoms with E-state index in [2.05, 4.69) is 48.6 Å². The van der Waals surface area contributed by atoms with Crippen molar-refractivity contribution in [2.45, 2.75) is 39.7 Å². The van der Waals surface area contributed by atoms with Crippen LogP contribution in [0.25, 0.3) is 22.3 Å². The van der Waals surface area contributed by atoms with E-state index >= 15 is 0 Å². The van der Waals surface area contributed by atoms with Gasteiger partial charge >= 0.3 is 5.97 Å². The van der Waals surface area contributed by atoms with Crippen LogP contribution >= 0.6 is 15.9 Å². The molecule has 1 aromatic carbocycles. The van der Waals surface area contributed by atoms with Crippen molar-refractivity contribution < 1.29 is 14.3 Å². The summed E-state index contributed by atoms with van der Waals surface area (Å²) in [6.07, 6.45) is 4.58. The molecule has 4 rings (SSSR count). The summed E-state index contributed by atoms with van der Waals surface area (Å²) in [6, 6.07) is 9.41. The Morgan fingerprint density at radius 1 is 1.22 bits per heavy atom. The fraction of sp³-hybridized carbons (Fsp3) is 0.385. The first-order valence-corrected chi connectivity index (χ1v) is 12.7. The molecule has 36 heavy (non-hydrogen) atoms. The first-order chi connectivity index (χ1) is 17.3. The summed E-state index contributed by atoms with van der Waals surface area (Å²) in [5.41, 5.74) is 10.7. The van der Waals surface area contributed by atoms with Crippen molar-refractivity contribution in [2.24, 2.45) is 13.0 Å². The van der Waals surface area contributed by atoms with Crippen molar-refractivity contribution in [1.29, 1.82) is 0 Å². The van der Waals surface area contributed by atoms with E-state index in [1.54, 1.807) is 23.0 Å². The number of nitrogen functional groups attached to an aromatic ring is 1. The van der Waals surface area contributed by atoms with Crippen LogP contribution in [0.5, 0.6) is 5.88 Å². The van der Waals surface area contributed by atoms with Gasteiger partial charge in [-0.25, -0.2) is 14.5 Å². The number of carbonyl (C=O) groups is 1. The van der Waals surface area contributed by atoms with Crippen molar-refractivity contribution in [3.63, 3.8) is 0 Å². The van der Waals surface area contributed by atoms with Crippen LogP contribution in [-0.4, -0.2) is 44.0 Å². The van der Waals surface area contributed by atoms with E-state index in [9.17, 15) is 4.79 Å². The molecule has 0 spiro atoms. The average Bonchev–Trinajstić information content (AvgIpc) is 3.38. The van der Waals surface area contributed by atoms with E-state index in [4.69, 9.17) is 15.2 Å². The number of nitrogens with zero attached hydrogens (tertiary/aromatic N) is 5. The Kier molecular flexibility index (Phi) is 7.93. The molecule has 3 aromatic heterocycles. The van der Waals surface area contributed by atoms with Gasteiger partial charge in [-0.2, -0.15) is 5.10 Å². The summed E-state index contributed by atoms with van der Waals surface area (Å²) in [5, 5.41) is 4.35. The molecule has 0 aliphatic carbocycles. The molecule has 190 valence electrons. The minimum Gasteiger partial charge on any atom is -0.477 e. The van der Waals surface area contributed by atoms with Gasteiger partial charge in [0.1, 0.15) is 0 Å². The Labute approximate surface area is 218 Å². The van der Waals surface area contributed by atoms with Crippen molar-refractivity contribution in [3.8, 4) is 17.1 Å². The predicted octanol–water partition coefficient (Wildman–Crippen LogP) is 5.16. The molecular weight excluding hydrogens is 524 g/mol. The number of carbonyl (C=O) groups excluding carboxylic acids is 1. The summed E-state index contributed by atoms with van der Waals surface area (Å²) in [4.78, 5) is 21.1.